The summed E-state index contributed by atoms with van der Waals surface area (Å²) >= 11 is 3.01. The van der Waals surface area contributed by atoms with Gasteiger partial charge in [0, 0.05) is 29.0 Å². The van der Waals surface area contributed by atoms with Crippen molar-refractivity contribution in [1.82, 2.24) is 14.9 Å². The Morgan fingerprint density at radius 2 is 2.21 bits per heavy atom. The van der Waals surface area contributed by atoms with Crippen LogP contribution < -0.4 is 10.9 Å². The minimum Gasteiger partial charge on any atom is -0.467 e. The molecule has 0 bridgehead atoms. The molecule has 29 heavy (non-hydrogen) atoms. The van der Waals surface area contributed by atoms with Crippen LogP contribution in [0.5, 0.6) is 0 Å². The molecule has 9 heteroatoms. The molecule has 0 saturated carbocycles. The molecule has 0 fully saturated rings. The van der Waals surface area contributed by atoms with Gasteiger partial charge in [0.1, 0.15) is 23.7 Å². The maximum absolute atomic E-state index is 12.9. The molecule has 7 nitrogen and oxygen atoms in total. The molecule has 0 aromatic carbocycles. The van der Waals surface area contributed by atoms with Crippen LogP contribution in [0, 0.1) is 0 Å². The average Bonchev–Trinajstić information content (AvgIpc) is 3.47. The van der Waals surface area contributed by atoms with Gasteiger partial charge in [0.15, 0.2) is 0 Å². The quantitative estimate of drug-likeness (QED) is 0.412. The number of thiophene rings is 2. The number of amides is 1. The first-order chi connectivity index (χ1) is 14.2. The number of ether oxygens (including phenoxy) is 1. The van der Waals surface area contributed by atoms with Crippen LogP contribution in [-0.2, 0) is 22.7 Å². The van der Waals surface area contributed by atoms with E-state index in [4.69, 9.17) is 9.15 Å². The molecule has 150 valence electrons. The molecule has 4 aromatic rings. The Hall–Kier alpha value is -2.75. The molecule has 0 unspecified atom stereocenters. The highest BCUT2D eigenvalue weighted by molar-refractivity contribution is 7.18. The van der Waals surface area contributed by atoms with E-state index in [1.807, 2.05) is 35.0 Å². The molecule has 0 aliphatic rings. The van der Waals surface area contributed by atoms with Gasteiger partial charge in [-0.15, -0.1) is 22.7 Å². The topological polar surface area (TPSA) is 86.4 Å². The summed E-state index contributed by atoms with van der Waals surface area (Å²) in [4.78, 5) is 31.2. The van der Waals surface area contributed by atoms with Gasteiger partial charge in [-0.3, -0.25) is 14.2 Å². The van der Waals surface area contributed by atoms with Crippen molar-refractivity contribution in [2.75, 3.05) is 13.2 Å². The summed E-state index contributed by atoms with van der Waals surface area (Å²) in [5, 5.41) is 7.29. The van der Waals surface area contributed by atoms with Crippen LogP contribution in [0.25, 0.3) is 20.7 Å². The van der Waals surface area contributed by atoms with E-state index in [9.17, 15) is 9.59 Å². The smallest absolute Gasteiger partial charge is 0.263 e. The summed E-state index contributed by atoms with van der Waals surface area (Å²) in [7, 11) is 0. The molecule has 0 aliphatic heterocycles. The van der Waals surface area contributed by atoms with E-state index >= 15 is 0 Å². The monoisotopic (exact) mass is 429 g/mol. The van der Waals surface area contributed by atoms with Crippen molar-refractivity contribution >= 4 is 38.8 Å². The third kappa shape index (κ3) is 4.64. The zero-order chi connectivity index (χ0) is 20.1. The van der Waals surface area contributed by atoms with Crippen LogP contribution in [0.15, 0.2) is 56.8 Å². The van der Waals surface area contributed by atoms with E-state index < -0.39 is 0 Å². The minimum absolute atomic E-state index is 0.0608. The van der Waals surface area contributed by atoms with E-state index in [-0.39, 0.29) is 18.0 Å². The Labute approximate surface area is 174 Å². The van der Waals surface area contributed by atoms with Gasteiger partial charge in [0.2, 0.25) is 5.91 Å². The van der Waals surface area contributed by atoms with E-state index in [1.165, 1.54) is 22.2 Å². The van der Waals surface area contributed by atoms with Gasteiger partial charge in [-0.2, -0.15) is 0 Å². The fraction of sp³-hybridized carbons (Fsp3) is 0.250. The predicted molar refractivity (Wildman–Crippen MR) is 113 cm³/mol. The molecule has 0 aliphatic carbocycles. The van der Waals surface area contributed by atoms with Gasteiger partial charge in [-0.05, 0) is 30.0 Å². The molecular formula is C20H19N3O4S2. The second kappa shape index (κ2) is 9.17. The number of hydrogen-bond donors (Lipinski definition) is 1. The van der Waals surface area contributed by atoms with Crippen molar-refractivity contribution in [1.29, 1.82) is 0 Å². The molecular weight excluding hydrogens is 410 g/mol. The maximum Gasteiger partial charge on any atom is 0.263 e. The lowest BCUT2D eigenvalue weighted by molar-refractivity contribution is -0.121. The van der Waals surface area contributed by atoms with Crippen LogP contribution in [0.1, 0.15) is 12.2 Å². The maximum atomic E-state index is 12.9. The molecule has 4 rings (SSSR count). The number of fused-ring (bicyclic) bond motifs is 1. The Kier molecular flexibility index (Phi) is 6.18. The standard InChI is InChI=1S/C20H19N3O4S2/c24-17(21-6-3-7-26-11-14-4-1-8-27-14)10-23-13-22-19-18(20(23)25)15(12-29-19)16-5-2-9-28-16/h1-2,4-5,8-9,12-13H,3,6-7,10-11H2,(H,21,24). The molecule has 0 atom stereocenters. The summed E-state index contributed by atoms with van der Waals surface area (Å²) in [5.41, 5.74) is 0.678. The van der Waals surface area contributed by atoms with Gasteiger partial charge in [-0.1, -0.05) is 6.07 Å². The Morgan fingerprint density at radius 1 is 1.28 bits per heavy atom. The van der Waals surface area contributed by atoms with Crippen molar-refractivity contribution in [2.24, 2.45) is 0 Å². The summed E-state index contributed by atoms with van der Waals surface area (Å²) in [6, 6.07) is 7.59. The molecule has 1 N–H and O–H groups in total. The average molecular weight is 430 g/mol. The van der Waals surface area contributed by atoms with Gasteiger partial charge >= 0.3 is 0 Å². The van der Waals surface area contributed by atoms with E-state index in [0.717, 1.165) is 16.2 Å². The summed E-state index contributed by atoms with van der Waals surface area (Å²) in [6.45, 7) is 1.33. The van der Waals surface area contributed by atoms with Crippen LogP contribution in [0.3, 0.4) is 0 Å². The molecule has 0 radical (unpaired) electrons. The van der Waals surface area contributed by atoms with Crippen molar-refractivity contribution in [3.05, 3.63) is 63.7 Å². The number of furan rings is 1. The lowest BCUT2D eigenvalue weighted by atomic mass is 10.2. The molecule has 4 aromatic heterocycles. The Bertz CT molecular complexity index is 1130. The number of aromatic nitrogens is 2. The zero-order valence-corrected chi connectivity index (χ0v) is 17.1. The van der Waals surface area contributed by atoms with Crippen molar-refractivity contribution in [3.8, 4) is 10.4 Å². The Balaban J connectivity index is 1.32. The predicted octanol–water partition coefficient (Wildman–Crippen LogP) is 3.50. The number of rotatable bonds is 9. The first-order valence-electron chi connectivity index (χ1n) is 9.09. The normalized spacial score (nSPS) is 11.2. The van der Waals surface area contributed by atoms with Crippen molar-refractivity contribution in [3.63, 3.8) is 0 Å². The SMILES string of the molecule is O=C(Cn1cnc2scc(-c3cccs3)c2c1=O)NCCCOCc1ccco1. The third-order valence-corrected chi connectivity index (χ3v) is 6.06. The van der Waals surface area contributed by atoms with Crippen LogP contribution >= 0.6 is 22.7 Å². The minimum atomic E-state index is -0.229. The molecule has 0 spiro atoms. The van der Waals surface area contributed by atoms with Crippen molar-refractivity contribution < 1.29 is 13.9 Å². The fourth-order valence-corrected chi connectivity index (χ4v) is 4.59. The highest BCUT2D eigenvalue weighted by Crippen LogP contribution is 2.33. The summed E-state index contributed by atoms with van der Waals surface area (Å²) in [5.74, 6) is 0.541. The summed E-state index contributed by atoms with van der Waals surface area (Å²) < 4.78 is 12.0. The third-order valence-electron chi connectivity index (χ3n) is 4.27. The fourth-order valence-electron chi connectivity index (χ4n) is 2.87. The van der Waals surface area contributed by atoms with E-state index in [1.54, 1.807) is 17.6 Å². The number of nitrogens with one attached hydrogen (secondary N) is 1. The lowest BCUT2D eigenvalue weighted by Gasteiger charge is -2.08. The van der Waals surface area contributed by atoms with Gasteiger partial charge in [0.25, 0.3) is 5.56 Å². The molecule has 0 saturated heterocycles. The van der Waals surface area contributed by atoms with Gasteiger partial charge in [-0.25, -0.2) is 4.98 Å². The zero-order valence-electron chi connectivity index (χ0n) is 15.5. The van der Waals surface area contributed by atoms with Gasteiger partial charge < -0.3 is 14.5 Å². The molecule has 4 heterocycles. The first kappa shape index (κ1) is 19.6. The first-order valence-corrected chi connectivity index (χ1v) is 10.9. The molecule has 1 amide bonds. The number of carbonyl (C=O) groups is 1. The van der Waals surface area contributed by atoms with Crippen LogP contribution in [0.4, 0.5) is 0 Å². The van der Waals surface area contributed by atoms with Crippen molar-refractivity contribution in [2.45, 2.75) is 19.6 Å². The number of nitrogens with zero attached hydrogens (tertiary/aromatic N) is 2. The largest absolute Gasteiger partial charge is 0.467 e. The second-order valence-corrected chi connectivity index (χ2v) is 8.13. The summed E-state index contributed by atoms with van der Waals surface area (Å²) in [6.07, 6.45) is 3.71. The highest BCUT2D eigenvalue weighted by Gasteiger charge is 2.15. The highest BCUT2D eigenvalue weighted by atomic mass is 32.1. The van der Waals surface area contributed by atoms with Crippen LogP contribution in [-0.4, -0.2) is 28.6 Å². The second-order valence-electron chi connectivity index (χ2n) is 6.32. The number of carbonyl (C=O) groups excluding carboxylic acids is 1. The number of hydrogen-bond acceptors (Lipinski definition) is 7. The Morgan fingerprint density at radius 3 is 3.00 bits per heavy atom. The van der Waals surface area contributed by atoms with Crippen LogP contribution in [0.2, 0.25) is 0 Å². The van der Waals surface area contributed by atoms with E-state index in [0.29, 0.717) is 36.4 Å². The van der Waals surface area contributed by atoms with Gasteiger partial charge in [0.05, 0.1) is 18.0 Å². The lowest BCUT2D eigenvalue weighted by Crippen LogP contribution is -2.33. The van der Waals surface area contributed by atoms with E-state index in [2.05, 4.69) is 10.3 Å².